The van der Waals surface area contributed by atoms with E-state index >= 15 is 0 Å². The molecule has 0 saturated heterocycles. The van der Waals surface area contributed by atoms with Crippen molar-refractivity contribution in [2.24, 2.45) is 0 Å². The zero-order valence-corrected chi connectivity index (χ0v) is 5.43. The Labute approximate surface area is 61.3 Å². The van der Waals surface area contributed by atoms with E-state index in [4.69, 9.17) is 5.11 Å². The largest absolute Gasteiger partial charge is 0.480 e. The summed E-state index contributed by atoms with van der Waals surface area (Å²) in [4.78, 5) is 31.5. The molecule has 1 rings (SSSR count). The molecule has 0 unspecified atom stereocenters. The highest BCUT2D eigenvalue weighted by atomic mass is 16.4. The lowest BCUT2D eigenvalue weighted by atomic mass is 10.5. The quantitative estimate of drug-likeness (QED) is 0.528. The molecule has 58 valence electrons. The molecule has 1 aliphatic rings. The summed E-state index contributed by atoms with van der Waals surface area (Å²) in [5.41, 5.74) is 0. The minimum Gasteiger partial charge on any atom is -0.480 e. The standard InChI is InChI=1S/C5H4N2O4/c8-4-1-2-7(11)6(4)3-5(9)10/h1-2H,3H2/p+1. The Morgan fingerprint density at radius 1 is 1.73 bits per heavy atom. The van der Waals surface area contributed by atoms with Crippen LogP contribution in [0.25, 0.3) is 0 Å². The molecule has 6 heteroatoms. The summed E-state index contributed by atoms with van der Waals surface area (Å²) in [5, 5.41) is 8.79. The maximum Gasteiger partial charge on any atom is 0.329 e. The van der Waals surface area contributed by atoms with Gasteiger partial charge in [0.1, 0.15) is 0 Å². The number of nitrogens with zero attached hydrogens (tertiary/aromatic N) is 2. The highest BCUT2D eigenvalue weighted by molar-refractivity contribution is 5.89. The van der Waals surface area contributed by atoms with Gasteiger partial charge in [0.15, 0.2) is 11.4 Å². The monoisotopic (exact) mass is 157 g/mol. The van der Waals surface area contributed by atoms with Gasteiger partial charge in [-0.1, -0.05) is 5.01 Å². The van der Waals surface area contributed by atoms with Crippen molar-refractivity contribution in [3.63, 3.8) is 0 Å². The smallest absolute Gasteiger partial charge is 0.329 e. The first-order valence-electron chi connectivity index (χ1n) is 2.79. The number of aliphatic carboxylic acids is 1. The van der Waals surface area contributed by atoms with Crippen LogP contribution >= 0.6 is 0 Å². The van der Waals surface area contributed by atoms with Crippen LogP contribution in [0.5, 0.6) is 0 Å². The average molecular weight is 157 g/mol. The Bertz CT molecular complexity index is 239. The number of hydrogen-bond donors (Lipinski definition) is 1. The summed E-state index contributed by atoms with van der Waals surface area (Å²) in [5.74, 6) is -1.83. The zero-order chi connectivity index (χ0) is 8.43. The summed E-state index contributed by atoms with van der Waals surface area (Å²) in [6.45, 7) is -0.602. The first-order valence-corrected chi connectivity index (χ1v) is 2.79. The molecular weight excluding hydrogens is 152 g/mol. The lowest BCUT2D eigenvalue weighted by Gasteiger charge is -1.99. The lowest BCUT2D eigenvalue weighted by Crippen LogP contribution is -2.35. The molecular formula is C5H5N2O4+. The van der Waals surface area contributed by atoms with E-state index in [2.05, 4.69) is 0 Å². The van der Waals surface area contributed by atoms with E-state index in [1.807, 2.05) is 0 Å². The third-order valence-electron chi connectivity index (χ3n) is 1.12. The van der Waals surface area contributed by atoms with E-state index in [-0.39, 0.29) is 4.87 Å². The van der Waals surface area contributed by atoms with E-state index in [0.29, 0.717) is 5.01 Å². The van der Waals surface area contributed by atoms with Crippen molar-refractivity contribution in [2.75, 3.05) is 6.54 Å². The molecule has 6 nitrogen and oxygen atoms in total. The van der Waals surface area contributed by atoms with Crippen LogP contribution in [-0.2, 0) is 9.59 Å². The lowest BCUT2D eigenvalue weighted by molar-refractivity contribution is -0.623. The minimum absolute atomic E-state index is 0.191. The summed E-state index contributed by atoms with van der Waals surface area (Å²) < 4.78 is 0. The van der Waals surface area contributed by atoms with Crippen LogP contribution in [0.2, 0.25) is 0 Å². The highest BCUT2D eigenvalue weighted by Gasteiger charge is 2.33. The molecule has 0 aromatic rings. The Kier molecular flexibility index (Phi) is 1.67. The maximum atomic E-state index is 10.7. The number of nitroso groups, excluding NO2 is 1. The fourth-order valence-electron chi connectivity index (χ4n) is 0.667. The second-order valence-corrected chi connectivity index (χ2v) is 1.91. The number of amides is 1. The molecule has 0 bridgehead atoms. The number of hydrogen-bond acceptors (Lipinski definition) is 3. The van der Waals surface area contributed by atoms with Crippen LogP contribution in [0.4, 0.5) is 0 Å². The maximum absolute atomic E-state index is 10.7. The van der Waals surface area contributed by atoms with Gasteiger partial charge in [-0.25, -0.2) is 0 Å². The number of hydrazine groups is 1. The number of rotatable bonds is 2. The third-order valence-corrected chi connectivity index (χ3v) is 1.12. The molecule has 0 atom stereocenters. The Morgan fingerprint density at radius 3 is 2.73 bits per heavy atom. The first-order chi connectivity index (χ1) is 5.11. The van der Waals surface area contributed by atoms with Crippen molar-refractivity contribution in [1.29, 1.82) is 0 Å². The fourth-order valence-corrected chi connectivity index (χ4v) is 0.667. The molecule has 0 radical (unpaired) electrons. The van der Waals surface area contributed by atoms with Crippen LogP contribution in [0.3, 0.4) is 0 Å². The molecule has 1 heterocycles. The van der Waals surface area contributed by atoms with E-state index in [1.54, 1.807) is 0 Å². The van der Waals surface area contributed by atoms with Crippen LogP contribution in [0, 0.1) is 4.91 Å². The summed E-state index contributed by atoms with van der Waals surface area (Å²) in [6, 6.07) is 0. The van der Waals surface area contributed by atoms with E-state index in [9.17, 15) is 14.5 Å². The van der Waals surface area contributed by atoms with Gasteiger partial charge in [0, 0.05) is 0 Å². The Hall–Kier alpha value is -1.72. The van der Waals surface area contributed by atoms with Gasteiger partial charge in [0.05, 0.1) is 11.0 Å². The van der Waals surface area contributed by atoms with E-state index in [0.717, 1.165) is 12.3 Å². The topological polar surface area (TPSA) is 77.7 Å². The molecule has 1 N–H and O–H groups in total. The summed E-state index contributed by atoms with van der Waals surface area (Å²) >= 11 is 0. The zero-order valence-electron chi connectivity index (χ0n) is 5.43. The van der Waals surface area contributed by atoms with Crippen molar-refractivity contribution in [3.05, 3.63) is 17.2 Å². The van der Waals surface area contributed by atoms with Crippen molar-refractivity contribution in [3.8, 4) is 0 Å². The molecule has 0 fully saturated rings. The van der Waals surface area contributed by atoms with E-state index in [1.165, 1.54) is 0 Å². The van der Waals surface area contributed by atoms with Crippen molar-refractivity contribution < 1.29 is 19.6 Å². The van der Waals surface area contributed by atoms with E-state index < -0.39 is 18.4 Å². The van der Waals surface area contributed by atoms with Gasteiger partial charge in [-0.2, -0.15) is 0 Å². The molecule has 0 saturated carbocycles. The average Bonchev–Trinajstić information content (AvgIpc) is 2.18. The van der Waals surface area contributed by atoms with Crippen LogP contribution < -0.4 is 0 Å². The highest BCUT2D eigenvalue weighted by Crippen LogP contribution is 2.01. The summed E-state index contributed by atoms with van der Waals surface area (Å²) in [7, 11) is 0. The van der Waals surface area contributed by atoms with Crippen LogP contribution in [0.1, 0.15) is 0 Å². The van der Waals surface area contributed by atoms with Gasteiger partial charge in [-0.15, -0.1) is 0 Å². The molecule has 0 aliphatic carbocycles. The van der Waals surface area contributed by atoms with Gasteiger partial charge in [0.25, 0.3) is 6.20 Å². The van der Waals surface area contributed by atoms with Crippen LogP contribution in [0.15, 0.2) is 12.3 Å². The van der Waals surface area contributed by atoms with Crippen molar-refractivity contribution in [2.45, 2.75) is 0 Å². The van der Waals surface area contributed by atoms with Crippen LogP contribution in [-0.4, -0.2) is 33.4 Å². The predicted molar refractivity (Wildman–Crippen MR) is 32.1 cm³/mol. The second kappa shape index (κ2) is 2.49. The minimum atomic E-state index is -1.22. The Morgan fingerprint density at radius 2 is 2.36 bits per heavy atom. The van der Waals surface area contributed by atoms with Gasteiger partial charge in [0.2, 0.25) is 0 Å². The normalized spacial score (nSPS) is 16.2. The van der Waals surface area contributed by atoms with Gasteiger partial charge in [-0.05, 0) is 0 Å². The number of carbonyl (C=O) groups excluding carboxylic acids is 1. The van der Waals surface area contributed by atoms with Gasteiger partial charge in [-0.3, -0.25) is 9.59 Å². The second-order valence-electron chi connectivity index (χ2n) is 1.91. The summed E-state index contributed by atoms with van der Waals surface area (Å²) in [6.07, 6.45) is 1.97. The molecule has 0 spiro atoms. The number of carboxylic acid groups (broad SMARTS) is 1. The van der Waals surface area contributed by atoms with Gasteiger partial charge < -0.3 is 5.11 Å². The fraction of sp³-hybridized carbons (Fsp3) is 0.200. The molecule has 1 amide bonds. The molecule has 1 aliphatic heterocycles. The molecule has 0 aromatic heterocycles. The Balaban J connectivity index is 2.66. The van der Waals surface area contributed by atoms with Crippen molar-refractivity contribution >= 4 is 11.9 Å². The predicted octanol–water partition coefficient (Wildman–Crippen LogP) is -0.879. The molecule has 11 heavy (non-hydrogen) atoms. The van der Waals surface area contributed by atoms with Crippen molar-refractivity contribution in [1.82, 2.24) is 5.01 Å². The number of carboxylic acids is 1. The molecule has 0 aromatic carbocycles. The van der Waals surface area contributed by atoms with Gasteiger partial charge >= 0.3 is 11.9 Å². The third kappa shape index (κ3) is 1.40. The first kappa shape index (κ1) is 7.39. The number of carbonyl (C=O) groups is 2. The SMILES string of the molecule is O=C(O)CN1C(=O)C=C[N+]1=O.